The Labute approximate surface area is 123 Å². The van der Waals surface area contributed by atoms with Gasteiger partial charge in [0.15, 0.2) is 0 Å². The Balaban J connectivity index is 2.17. The van der Waals surface area contributed by atoms with E-state index in [-0.39, 0.29) is 0 Å². The number of likely N-dealkylation sites (N-methyl/N-ethyl adjacent to an activating group) is 1. The van der Waals surface area contributed by atoms with Crippen LogP contribution in [0.5, 0.6) is 0 Å². The van der Waals surface area contributed by atoms with Gasteiger partial charge in [-0.15, -0.1) is 0 Å². The van der Waals surface area contributed by atoms with Gasteiger partial charge >= 0.3 is 0 Å². The van der Waals surface area contributed by atoms with Crippen molar-refractivity contribution in [2.24, 2.45) is 0 Å². The van der Waals surface area contributed by atoms with Gasteiger partial charge in [0.25, 0.3) is 0 Å². The van der Waals surface area contributed by atoms with Crippen LogP contribution >= 0.6 is 0 Å². The quantitative estimate of drug-likeness (QED) is 0.892. The molecule has 1 fully saturated rings. The van der Waals surface area contributed by atoms with Gasteiger partial charge in [-0.05, 0) is 37.2 Å². The van der Waals surface area contributed by atoms with Crippen molar-refractivity contribution in [3.05, 3.63) is 23.4 Å². The van der Waals surface area contributed by atoms with Crippen LogP contribution in [-0.2, 0) is 6.54 Å². The van der Waals surface area contributed by atoms with Crippen molar-refractivity contribution in [3.8, 4) is 0 Å². The SMILES string of the molecule is CCN1CCN(c2cc(CNC)cc(C(C)C)n2)CC1. The Bertz CT molecular complexity index is 422. The van der Waals surface area contributed by atoms with Gasteiger partial charge in [0.2, 0.25) is 0 Å². The molecule has 112 valence electrons. The average Bonchev–Trinajstić information content (AvgIpc) is 2.47. The third-order valence-electron chi connectivity index (χ3n) is 4.01. The number of nitrogens with zero attached hydrogens (tertiary/aromatic N) is 3. The third kappa shape index (κ3) is 3.70. The molecule has 0 amide bonds. The summed E-state index contributed by atoms with van der Waals surface area (Å²) in [6.07, 6.45) is 0. The van der Waals surface area contributed by atoms with Crippen molar-refractivity contribution >= 4 is 5.82 Å². The minimum atomic E-state index is 0.475. The van der Waals surface area contributed by atoms with Crippen LogP contribution in [0.3, 0.4) is 0 Å². The summed E-state index contributed by atoms with van der Waals surface area (Å²) in [6.45, 7) is 13.2. The molecule has 4 heteroatoms. The maximum Gasteiger partial charge on any atom is 0.129 e. The molecule has 1 aliphatic heterocycles. The fraction of sp³-hybridized carbons (Fsp3) is 0.688. The molecule has 1 aromatic rings. The number of aromatic nitrogens is 1. The molecule has 1 saturated heterocycles. The van der Waals surface area contributed by atoms with E-state index in [1.165, 1.54) is 11.3 Å². The molecule has 1 N–H and O–H groups in total. The van der Waals surface area contributed by atoms with Gasteiger partial charge in [-0.3, -0.25) is 0 Å². The van der Waals surface area contributed by atoms with E-state index in [1.54, 1.807) is 0 Å². The molecule has 0 aliphatic carbocycles. The van der Waals surface area contributed by atoms with E-state index in [4.69, 9.17) is 4.98 Å². The van der Waals surface area contributed by atoms with Crippen molar-refractivity contribution in [3.63, 3.8) is 0 Å². The highest BCUT2D eigenvalue weighted by atomic mass is 15.3. The summed E-state index contributed by atoms with van der Waals surface area (Å²) < 4.78 is 0. The molecule has 0 aromatic carbocycles. The molecule has 0 radical (unpaired) electrons. The molecule has 1 aliphatic rings. The summed E-state index contributed by atoms with van der Waals surface area (Å²) >= 11 is 0. The first-order valence-corrected chi connectivity index (χ1v) is 7.76. The highest BCUT2D eigenvalue weighted by molar-refractivity contribution is 5.44. The summed E-state index contributed by atoms with van der Waals surface area (Å²) in [5.74, 6) is 1.62. The lowest BCUT2D eigenvalue weighted by atomic mass is 10.1. The van der Waals surface area contributed by atoms with Crippen LogP contribution in [0.4, 0.5) is 5.82 Å². The molecule has 20 heavy (non-hydrogen) atoms. The zero-order valence-electron chi connectivity index (χ0n) is 13.3. The van der Waals surface area contributed by atoms with Gasteiger partial charge < -0.3 is 15.1 Å². The van der Waals surface area contributed by atoms with E-state index >= 15 is 0 Å². The van der Waals surface area contributed by atoms with E-state index < -0.39 is 0 Å². The number of rotatable bonds is 5. The summed E-state index contributed by atoms with van der Waals surface area (Å²) in [6, 6.07) is 4.47. The predicted molar refractivity (Wildman–Crippen MR) is 85.4 cm³/mol. The summed E-state index contributed by atoms with van der Waals surface area (Å²) in [5, 5.41) is 3.24. The standard InChI is InChI=1S/C16H28N4/c1-5-19-6-8-20(9-7-19)16-11-14(12-17-4)10-15(18-16)13(2)3/h10-11,13,17H,5-9,12H2,1-4H3. The van der Waals surface area contributed by atoms with E-state index in [2.05, 4.69) is 48.0 Å². The Morgan fingerprint density at radius 1 is 1.20 bits per heavy atom. The van der Waals surface area contributed by atoms with Crippen LogP contribution in [0, 0.1) is 0 Å². The van der Waals surface area contributed by atoms with Crippen molar-refractivity contribution in [1.29, 1.82) is 0 Å². The van der Waals surface area contributed by atoms with Crippen LogP contribution < -0.4 is 10.2 Å². The highest BCUT2D eigenvalue weighted by Crippen LogP contribution is 2.21. The van der Waals surface area contributed by atoms with Gasteiger partial charge in [0, 0.05) is 38.4 Å². The van der Waals surface area contributed by atoms with Crippen molar-refractivity contribution < 1.29 is 0 Å². The molecule has 1 aromatic heterocycles. The van der Waals surface area contributed by atoms with Gasteiger partial charge in [-0.25, -0.2) is 4.98 Å². The zero-order chi connectivity index (χ0) is 14.5. The lowest BCUT2D eigenvalue weighted by Crippen LogP contribution is -2.46. The van der Waals surface area contributed by atoms with Crippen molar-refractivity contribution in [2.75, 3.05) is 44.7 Å². The smallest absolute Gasteiger partial charge is 0.129 e. The van der Waals surface area contributed by atoms with Crippen molar-refractivity contribution in [2.45, 2.75) is 33.2 Å². The minimum Gasteiger partial charge on any atom is -0.354 e. The molecule has 0 atom stereocenters. The Hall–Kier alpha value is -1.13. The lowest BCUT2D eigenvalue weighted by Gasteiger charge is -2.35. The Morgan fingerprint density at radius 2 is 1.90 bits per heavy atom. The molecular weight excluding hydrogens is 248 g/mol. The second-order valence-electron chi connectivity index (χ2n) is 5.86. The minimum absolute atomic E-state index is 0.475. The van der Waals surface area contributed by atoms with Crippen LogP contribution in [0.15, 0.2) is 12.1 Å². The number of nitrogens with one attached hydrogen (secondary N) is 1. The maximum atomic E-state index is 4.87. The number of piperazine rings is 1. The second kappa shape index (κ2) is 7.04. The van der Waals surface area contributed by atoms with Crippen molar-refractivity contribution in [1.82, 2.24) is 15.2 Å². The van der Waals surface area contributed by atoms with Gasteiger partial charge in [-0.1, -0.05) is 20.8 Å². The summed E-state index contributed by atoms with van der Waals surface area (Å²) in [4.78, 5) is 9.79. The van der Waals surface area contributed by atoms with Crippen LogP contribution in [0.2, 0.25) is 0 Å². The van der Waals surface area contributed by atoms with Crippen LogP contribution in [0.25, 0.3) is 0 Å². The highest BCUT2D eigenvalue weighted by Gasteiger charge is 2.18. The molecule has 2 heterocycles. The van der Waals surface area contributed by atoms with Gasteiger partial charge in [-0.2, -0.15) is 0 Å². The largest absolute Gasteiger partial charge is 0.354 e. The van der Waals surface area contributed by atoms with E-state index in [0.29, 0.717) is 5.92 Å². The molecule has 0 bridgehead atoms. The monoisotopic (exact) mass is 276 g/mol. The number of anilines is 1. The number of pyridine rings is 1. The van der Waals surface area contributed by atoms with E-state index in [9.17, 15) is 0 Å². The summed E-state index contributed by atoms with van der Waals surface area (Å²) in [5.41, 5.74) is 2.53. The third-order valence-corrected chi connectivity index (χ3v) is 4.01. The fourth-order valence-electron chi connectivity index (χ4n) is 2.65. The average molecular weight is 276 g/mol. The summed E-state index contributed by atoms with van der Waals surface area (Å²) in [7, 11) is 2.00. The molecule has 0 saturated carbocycles. The molecule has 0 spiro atoms. The van der Waals surface area contributed by atoms with E-state index in [0.717, 1.165) is 45.1 Å². The number of hydrogen-bond acceptors (Lipinski definition) is 4. The number of hydrogen-bond donors (Lipinski definition) is 1. The Morgan fingerprint density at radius 3 is 2.45 bits per heavy atom. The Kier molecular flexibility index (Phi) is 5.38. The first-order chi connectivity index (χ1) is 9.63. The van der Waals surface area contributed by atoms with E-state index in [1.807, 2.05) is 7.05 Å². The molecular formula is C16H28N4. The first kappa shape index (κ1) is 15.3. The van der Waals surface area contributed by atoms with Gasteiger partial charge in [0.05, 0.1) is 0 Å². The fourth-order valence-corrected chi connectivity index (χ4v) is 2.65. The molecule has 4 nitrogen and oxygen atoms in total. The maximum absolute atomic E-state index is 4.87. The van der Waals surface area contributed by atoms with Crippen LogP contribution in [0.1, 0.15) is 37.9 Å². The zero-order valence-corrected chi connectivity index (χ0v) is 13.3. The molecule has 0 unspecified atom stereocenters. The van der Waals surface area contributed by atoms with Gasteiger partial charge in [0.1, 0.15) is 5.82 Å². The lowest BCUT2D eigenvalue weighted by molar-refractivity contribution is 0.270. The first-order valence-electron chi connectivity index (χ1n) is 7.76. The topological polar surface area (TPSA) is 31.4 Å². The normalized spacial score (nSPS) is 16.9. The second-order valence-corrected chi connectivity index (χ2v) is 5.86. The predicted octanol–water partition coefficient (Wildman–Crippen LogP) is 2.07. The van der Waals surface area contributed by atoms with Crippen LogP contribution in [-0.4, -0.2) is 49.7 Å². The molecule has 2 rings (SSSR count).